The summed E-state index contributed by atoms with van der Waals surface area (Å²) < 4.78 is 5.42. The molecule has 1 rings (SSSR count). The molecule has 0 fully saturated rings. The summed E-state index contributed by atoms with van der Waals surface area (Å²) in [6.45, 7) is 4.10. The first-order chi connectivity index (χ1) is 6.00. The predicted octanol–water partition coefficient (Wildman–Crippen LogP) is 1.85. The molecule has 0 amide bonds. The average molecular weight is 181 g/mol. The standard InChI is InChI=1S/C10H15NO2/c1-7(12)10-5-9(6-11(3)4)13-8(10)2/h5H,6H2,1-4H3. The van der Waals surface area contributed by atoms with Gasteiger partial charge in [0.25, 0.3) is 0 Å². The van der Waals surface area contributed by atoms with Gasteiger partial charge in [-0.15, -0.1) is 0 Å². The van der Waals surface area contributed by atoms with Crippen molar-refractivity contribution < 1.29 is 9.21 Å². The van der Waals surface area contributed by atoms with E-state index in [4.69, 9.17) is 4.42 Å². The number of rotatable bonds is 3. The molecule has 0 aliphatic carbocycles. The fraction of sp³-hybridized carbons (Fsp3) is 0.500. The van der Waals surface area contributed by atoms with Gasteiger partial charge in [-0.1, -0.05) is 0 Å². The number of aryl methyl sites for hydroxylation is 1. The van der Waals surface area contributed by atoms with Crippen molar-refractivity contribution >= 4 is 5.78 Å². The Kier molecular flexibility index (Phi) is 2.88. The molecule has 1 aromatic rings. The summed E-state index contributed by atoms with van der Waals surface area (Å²) in [6, 6.07) is 1.82. The molecule has 0 aliphatic heterocycles. The fourth-order valence-electron chi connectivity index (χ4n) is 1.28. The van der Waals surface area contributed by atoms with E-state index < -0.39 is 0 Å². The third kappa shape index (κ3) is 2.42. The second kappa shape index (κ2) is 3.75. The third-order valence-corrected chi connectivity index (χ3v) is 1.82. The zero-order valence-corrected chi connectivity index (χ0v) is 8.55. The first-order valence-electron chi connectivity index (χ1n) is 4.25. The molecule has 3 nitrogen and oxygen atoms in total. The zero-order chi connectivity index (χ0) is 10.0. The van der Waals surface area contributed by atoms with Gasteiger partial charge in [-0.05, 0) is 34.0 Å². The van der Waals surface area contributed by atoms with Crippen LogP contribution in [0.1, 0.15) is 28.8 Å². The van der Waals surface area contributed by atoms with Gasteiger partial charge in [-0.2, -0.15) is 0 Å². The Morgan fingerprint density at radius 3 is 2.54 bits per heavy atom. The van der Waals surface area contributed by atoms with Crippen LogP contribution in [0.5, 0.6) is 0 Å². The minimum absolute atomic E-state index is 0.0613. The van der Waals surface area contributed by atoms with Crippen LogP contribution in [0.25, 0.3) is 0 Å². The SMILES string of the molecule is CC(=O)c1cc(CN(C)C)oc1C. The summed E-state index contributed by atoms with van der Waals surface area (Å²) >= 11 is 0. The van der Waals surface area contributed by atoms with Crippen molar-refractivity contribution in [1.29, 1.82) is 0 Å². The highest BCUT2D eigenvalue weighted by Crippen LogP contribution is 2.15. The van der Waals surface area contributed by atoms with Crippen LogP contribution >= 0.6 is 0 Å². The van der Waals surface area contributed by atoms with Crippen molar-refractivity contribution in [3.63, 3.8) is 0 Å². The molecule has 13 heavy (non-hydrogen) atoms. The van der Waals surface area contributed by atoms with E-state index in [1.807, 2.05) is 32.0 Å². The molecule has 0 saturated heterocycles. The highest BCUT2D eigenvalue weighted by Gasteiger charge is 2.10. The van der Waals surface area contributed by atoms with Gasteiger partial charge < -0.3 is 9.32 Å². The lowest BCUT2D eigenvalue weighted by atomic mass is 10.2. The fourth-order valence-corrected chi connectivity index (χ4v) is 1.28. The van der Waals surface area contributed by atoms with Crippen molar-refractivity contribution in [3.05, 3.63) is 23.2 Å². The molecule has 3 heteroatoms. The van der Waals surface area contributed by atoms with Crippen LogP contribution in [-0.4, -0.2) is 24.8 Å². The molecule has 1 aromatic heterocycles. The molecule has 1 heterocycles. The summed E-state index contributed by atoms with van der Waals surface area (Å²) in [5.41, 5.74) is 0.692. The number of Topliss-reactive ketones (excluding diaryl/α,β-unsaturated/α-hetero) is 1. The molecule has 0 spiro atoms. The molecule has 0 aromatic carbocycles. The molecular weight excluding hydrogens is 166 g/mol. The maximum atomic E-state index is 11.1. The van der Waals surface area contributed by atoms with E-state index in [1.54, 1.807) is 6.92 Å². The minimum Gasteiger partial charge on any atom is -0.464 e. The maximum Gasteiger partial charge on any atom is 0.163 e. The third-order valence-electron chi connectivity index (χ3n) is 1.82. The highest BCUT2D eigenvalue weighted by atomic mass is 16.3. The summed E-state index contributed by atoms with van der Waals surface area (Å²) in [7, 11) is 3.93. The first-order valence-corrected chi connectivity index (χ1v) is 4.25. The maximum absolute atomic E-state index is 11.1. The molecule has 0 atom stereocenters. The van der Waals surface area contributed by atoms with Crippen LogP contribution in [0.2, 0.25) is 0 Å². The molecule has 0 saturated carbocycles. The van der Waals surface area contributed by atoms with Gasteiger partial charge in [0.05, 0.1) is 12.1 Å². The van der Waals surface area contributed by atoms with Crippen LogP contribution in [0, 0.1) is 6.92 Å². The lowest BCUT2D eigenvalue weighted by Gasteiger charge is -2.05. The Labute approximate surface area is 78.3 Å². The second-order valence-corrected chi connectivity index (χ2v) is 3.48. The molecule has 0 unspecified atom stereocenters. The van der Waals surface area contributed by atoms with Crippen molar-refractivity contribution in [3.8, 4) is 0 Å². The van der Waals surface area contributed by atoms with E-state index in [9.17, 15) is 4.79 Å². The first kappa shape index (κ1) is 9.99. The van der Waals surface area contributed by atoms with E-state index >= 15 is 0 Å². The van der Waals surface area contributed by atoms with Gasteiger partial charge in [0, 0.05) is 0 Å². The monoisotopic (exact) mass is 181 g/mol. The Bertz CT molecular complexity index is 313. The minimum atomic E-state index is 0.0613. The van der Waals surface area contributed by atoms with Crippen LogP contribution < -0.4 is 0 Å². The molecule has 0 bridgehead atoms. The smallest absolute Gasteiger partial charge is 0.163 e. The quantitative estimate of drug-likeness (QED) is 0.667. The predicted molar refractivity (Wildman–Crippen MR) is 50.8 cm³/mol. The topological polar surface area (TPSA) is 33.5 Å². The Morgan fingerprint density at radius 1 is 1.54 bits per heavy atom. The average Bonchev–Trinajstić information content (AvgIpc) is 2.29. The zero-order valence-electron chi connectivity index (χ0n) is 8.55. The summed E-state index contributed by atoms with van der Waals surface area (Å²) in [5, 5.41) is 0. The molecule has 0 radical (unpaired) electrons. The van der Waals surface area contributed by atoms with Crippen molar-refractivity contribution in [2.75, 3.05) is 14.1 Å². The lowest BCUT2D eigenvalue weighted by Crippen LogP contribution is -2.09. The number of carbonyl (C=O) groups excluding carboxylic acids is 1. The van der Waals surface area contributed by atoms with E-state index in [2.05, 4.69) is 0 Å². The highest BCUT2D eigenvalue weighted by molar-refractivity contribution is 5.95. The summed E-state index contributed by atoms with van der Waals surface area (Å²) in [5.74, 6) is 1.61. The summed E-state index contributed by atoms with van der Waals surface area (Å²) in [4.78, 5) is 13.1. The lowest BCUT2D eigenvalue weighted by molar-refractivity contribution is 0.101. The largest absolute Gasteiger partial charge is 0.464 e. The Morgan fingerprint density at radius 2 is 2.15 bits per heavy atom. The number of carbonyl (C=O) groups is 1. The number of ketones is 1. The summed E-state index contributed by atoms with van der Waals surface area (Å²) in [6.07, 6.45) is 0. The Hall–Kier alpha value is -1.09. The van der Waals surface area contributed by atoms with E-state index in [0.717, 1.165) is 12.3 Å². The van der Waals surface area contributed by atoms with Crippen LogP contribution in [0.3, 0.4) is 0 Å². The van der Waals surface area contributed by atoms with Gasteiger partial charge in [-0.3, -0.25) is 4.79 Å². The van der Waals surface area contributed by atoms with E-state index in [-0.39, 0.29) is 5.78 Å². The van der Waals surface area contributed by atoms with E-state index in [0.29, 0.717) is 11.3 Å². The number of nitrogens with zero attached hydrogens (tertiary/aromatic N) is 1. The Balaban J connectivity index is 2.89. The van der Waals surface area contributed by atoms with Gasteiger partial charge in [-0.25, -0.2) is 0 Å². The van der Waals surface area contributed by atoms with Gasteiger partial charge >= 0.3 is 0 Å². The molecule has 72 valence electrons. The van der Waals surface area contributed by atoms with Crippen molar-refractivity contribution in [2.24, 2.45) is 0 Å². The number of furan rings is 1. The molecular formula is C10H15NO2. The normalized spacial score (nSPS) is 10.8. The number of hydrogen-bond donors (Lipinski definition) is 0. The van der Waals surface area contributed by atoms with Gasteiger partial charge in [0.15, 0.2) is 5.78 Å². The van der Waals surface area contributed by atoms with Gasteiger partial charge in [0.2, 0.25) is 0 Å². The van der Waals surface area contributed by atoms with Crippen LogP contribution in [0.15, 0.2) is 10.5 Å². The van der Waals surface area contributed by atoms with E-state index in [1.165, 1.54) is 0 Å². The van der Waals surface area contributed by atoms with Gasteiger partial charge in [0.1, 0.15) is 11.5 Å². The second-order valence-electron chi connectivity index (χ2n) is 3.48. The van der Waals surface area contributed by atoms with Crippen molar-refractivity contribution in [2.45, 2.75) is 20.4 Å². The van der Waals surface area contributed by atoms with Crippen LogP contribution in [-0.2, 0) is 6.54 Å². The van der Waals surface area contributed by atoms with Crippen LogP contribution in [0.4, 0.5) is 0 Å². The number of hydrogen-bond acceptors (Lipinski definition) is 3. The van der Waals surface area contributed by atoms with Crippen molar-refractivity contribution in [1.82, 2.24) is 4.90 Å². The molecule has 0 aliphatic rings. The molecule has 0 N–H and O–H groups in total.